The van der Waals surface area contributed by atoms with E-state index in [0.29, 0.717) is 17.9 Å². The molecule has 0 radical (unpaired) electrons. The summed E-state index contributed by atoms with van der Waals surface area (Å²) in [6, 6.07) is 0. The Morgan fingerprint density at radius 3 is 2.90 bits per heavy atom. The number of rotatable bonds is 5. The summed E-state index contributed by atoms with van der Waals surface area (Å²) < 4.78 is 0. The van der Waals surface area contributed by atoms with Crippen molar-refractivity contribution >= 4 is 25.5 Å². The van der Waals surface area contributed by atoms with Crippen LogP contribution in [0.2, 0.25) is 0 Å². The van der Waals surface area contributed by atoms with E-state index in [9.17, 15) is 4.79 Å². The normalized spacial score (nSPS) is 9.30. The number of carbonyl (C=O) groups excluding carboxylic acids is 1. The lowest BCUT2D eigenvalue weighted by atomic mass is 10.2. The molecule has 5 heteroatoms. The molecule has 0 aliphatic carbocycles. The minimum atomic E-state index is 0.0425. The second-order valence-electron chi connectivity index (χ2n) is 1.73. The number of carbonyl (C=O) groups is 1. The van der Waals surface area contributed by atoms with E-state index in [4.69, 9.17) is 5.11 Å². The van der Waals surface area contributed by atoms with Crippen LogP contribution in [-0.2, 0) is 4.79 Å². The van der Waals surface area contributed by atoms with Gasteiger partial charge in [-0.05, 0) is 6.44 Å². The molecular weight excluding hydrogens is 149 g/mol. The summed E-state index contributed by atoms with van der Waals surface area (Å²) in [6.45, 7) is 0.143. The quantitative estimate of drug-likeness (QED) is 0.378. The van der Waals surface area contributed by atoms with E-state index in [2.05, 4.69) is 5.32 Å². The van der Waals surface area contributed by atoms with Crippen LogP contribution >= 0.6 is 11.8 Å². The van der Waals surface area contributed by atoms with Crippen LogP contribution in [0, 0.1) is 0 Å². The van der Waals surface area contributed by atoms with Gasteiger partial charge in [-0.15, -0.1) is 11.8 Å². The van der Waals surface area contributed by atoms with Gasteiger partial charge >= 0.3 is 0 Å². The third kappa shape index (κ3) is 5.97. The van der Waals surface area contributed by atoms with Crippen molar-refractivity contribution in [1.82, 2.24) is 5.32 Å². The van der Waals surface area contributed by atoms with E-state index in [1.165, 1.54) is 11.8 Å². The zero-order valence-corrected chi connectivity index (χ0v) is 6.91. The Labute approximate surface area is 66.0 Å². The lowest BCUT2D eigenvalue weighted by molar-refractivity contribution is -0.118. The minimum absolute atomic E-state index is 0.0425. The molecule has 0 rings (SSSR count). The largest absolute Gasteiger partial charge is 0.396 e. The molecule has 0 atom stereocenters. The molecule has 58 valence electrons. The fraction of sp³-hybridized carbons (Fsp3) is 0.800. The Bertz CT molecular complexity index is 102. The van der Waals surface area contributed by atoms with Gasteiger partial charge in [0.15, 0.2) is 0 Å². The van der Waals surface area contributed by atoms with Gasteiger partial charge in [-0.2, -0.15) is 0 Å². The Hall–Kier alpha value is -0.155. The molecule has 0 unspecified atom stereocenters. The van der Waals surface area contributed by atoms with Crippen molar-refractivity contribution in [3.63, 3.8) is 0 Å². The van der Waals surface area contributed by atoms with Gasteiger partial charge in [-0.1, -0.05) is 0 Å². The molecule has 0 heterocycles. The number of aliphatic hydroxyl groups is 1. The number of hydrogen-bond acceptors (Lipinski definition) is 3. The van der Waals surface area contributed by atoms with Crippen LogP contribution in [0.3, 0.4) is 0 Å². The molecule has 0 aromatic carbocycles. The second-order valence-corrected chi connectivity index (χ2v) is 2.83. The van der Waals surface area contributed by atoms with Crippen LogP contribution in [0.4, 0.5) is 0 Å². The summed E-state index contributed by atoms with van der Waals surface area (Å²) in [4.78, 5) is 10.7. The average Bonchev–Trinajstić information content (AvgIpc) is 1.89. The summed E-state index contributed by atoms with van der Waals surface area (Å²) in [5.41, 5.74) is 0. The number of thioether (sulfide) groups is 1. The van der Waals surface area contributed by atoms with E-state index >= 15 is 0 Å². The van der Waals surface area contributed by atoms with E-state index in [1.54, 1.807) is 0 Å². The van der Waals surface area contributed by atoms with Crippen molar-refractivity contribution in [3.05, 3.63) is 0 Å². The standard InChI is InChI=1S/C5H12BNO2S/c6-4-7-5(9)3-10-2-1-8/h8H,1-4,6H2,(H,7,9). The van der Waals surface area contributed by atoms with Crippen molar-refractivity contribution in [2.75, 3.05) is 24.6 Å². The molecule has 0 spiro atoms. The highest BCUT2D eigenvalue weighted by Gasteiger charge is 1.96. The zero-order chi connectivity index (χ0) is 7.82. The van der Waals surface area contributed by atoms with Crippen LogP contribution in [0.5, 0.6) is 0 Å². The Morgan fingerprint density at radius 1 is 1.70 bits per heavy atom. The molecule has 0 aromatic rings. The molecule has 1 amide bonds. The van der Waals surface area contributed by atoms with Crippen LogP contribution in [0.15, 0.2) is 0 Å². The highest BCUT2D eigenvalue weighted by Crippen LogP contribution is 1.96. The molecule has 0 saturated carbocycles. The molecule has 0 aliphatic heterocycles. The molecule has 10 heavy (non-hydrogen) atoms. The van der Waals surface area contributed by atoms with E-state index < -0.39 is 0 Å². The molecule has 0 bridgehead atoms. The summed E-state index contributed by atoms with van der Waals surface area (Å²) in [7, 11) is 1.88. The first-order valence-electron chi connectivity index (χ1n) is 3.26. The minimum Gasteiger partial charge on any atom is -0.396 e. The Balaban J connectivity index is 3.05. The van der Waals surface area contributed by atoms with Crippen LogP contribution in [0.25, 0.3) is 0 Å². The molecule has 0 aliphatic rings. The highest BCUT2D eigenvalue weighted by atomic mass is 32.2. The number of nitrogens with one attached hydrogen (secondary N) is 1. The van der Waals surface area contributed by atoms with E-state index in [1.807, 2.05) is 7.85 Å². The molecule has 2 N–H and O–H groups in total. The van der Waals surface area contributed by atoms with Gasteiger partial charge in [0, 0.05) is 5.75 Å². The number of amides is 1. The van der Waals surface area contributed by atoms with Crippen molar-refractivity contribution in [1.29, 1.82) is 0 Å². The average molecular weight is 161 g/mol. The maximum Gasteiger partial charge on any atom is 0.229 e. The second kappa shape index (κ2) is 6.96. The topological polar surface area (TPSA) is 49.3 Å². The van der Waals surface area contributed by atoms with Crippen molar-refractivity contribution in [3.8, 4) is 0 Å². The highest BCUT2D eigenvalue weighted by molar-refractivity contribution is 7.99. The lowest BCUT2D eigenvalue weighted by Crippen LogP contribution is -2.26. The van der Waals surface area contributed by atoms with Gasteiger partial charge in [0.05, 0.1) is 12.4 Å². The lowest BCUT2D eigenvalue weighted by Gasteiger charge is -1.99. The van der Waals surface area contributed by atoms with Gasteiger partial charge in [-0.3, -0.25) is 4.79 Å². The smallest absolute Gasteiger partial charge is 0.229 e. The summed E-state index contributed by atoms with van der Waals surface area (Å²) in [5, 5.41) is 11.0. The van der Waals surface area contributed by atoms with Crippen LogP contribution in [-0.4, -0.2) is 43.4 Å². The van der Waals surface area contributed by atoms with Gasteiger partial charge in [0.2, 0.25) is 5.91 Å². The van der Waals surface area contributed by atoms with E-state index in [-0.39, 0.29) is 12.5 Å². The number of hydrogen-bond donors (Lipinski definition) is 2. The maximum atomic E-state index is 10.7. The third-order valence-corrected chi connectivity index (χ3v) is 1.78. The molecule has 0 fully saturated rings. The first-order chi connectivity index (χ1) is 4.81. The Morgan fingerprint density at radius 2 is 2.40 bits per heavy atom. The predicted molar refractivity (Wildman–Crippen MR) is 46.0 cm³/mol. The predicted octanol–water partition coefficient (Wildman–Crippen LogP) is -1.58. The molecular formula is C5H12BNO2S. The van der Waals surface area contributed by atoms with Crippen molar-refractivity contribution < 1.29 is 9.90 Å². The summed E-state index contributed by atoms with van der Waals surface area (Å²) in [6.07, 6.45) is 0.679. The first kappa shape index (κ1) is 9.84. The SMILES string of the molecule is BCNC(=O)CSCCO. The van der Waals surface area contributed by atoms with E-state index in [0.717, 1.165) is 0 Å². The van der Waals surface area contributed by atoms with Crippen molar-refractivity contribution in [2.45, 2.75) is 0 Å². The van der Waals surface area contributed by atoms with Gasteiger partial charge in [0.25, 0.3) is 0 Å². The fourth-order valence-electron chi connectivity index (χ4n) is 0.478. The number of aliphatic hydroxyl groups excluding tert-OH is 1. The van der Waals surface area contributed by atoms with Gasteiger partial charge in [0.1, 0.15) is 7.85 Å². The van der Waals surface area contributed by atoms with Gasteiger partial charge in [-0.25, -0.2) is 0 Å². The third-order valence-electron chi connectivity index (χ3n) is 0.843. The maximum absolute atomic E-state index is 10.7. The monoisotopic (exact) mass is 161 g/mol. The van der Waals surface area contributed by atoms with Crippen LogP contribution < -0.4 is 5.32 Å². The summed E-state index contributed by atoms with van der Waals surface area (Å²) in [5.74, 6) is 1.13. The first-order valence-corrected chi connectivity index (χ1v) is 4.42. The van der Waals surface area contributed by atoms with Crippen LogP contribution in [0.1, 0.15) is 0 Å². The zero-order valence-electron chi connectivity index (χ0n) is 6.09. The summed E-state index contributed by atoms with van der Waals surface area (Å²) >= 11 is 1.44. The van der Waals surface area contributed by atoms with Crippen molar-refractivity contribution in [2.24, 2.45) is 0 Å². The van der Waals surface area contributed by atoms with Gasteiger partial charge < -0.3 is 10.4 Å². The molecule has 0 saturated heterocycles. The molecule has 0 aromatic heterocycles. The Kier molecular flexibility index (Phi) is 6.85. The fourth-order valence-corrected chi connectivity index (χ4v) is 1.04. The molecule has 3 nitrogen and oxygen atoms in total.